The van der Waals surface area contributed by atoms with Crippen LogP contribution in [0.3, 0.4) is 0 Å². The largest absolute Gasteiger partial charge is 0.378 e. The van der Waals surface area contributed by atoms with E-state index in [0.29, 0.717) is 38.4 Å². The third-order valence-electron chi connectivity index (χ3n) is 6.53. The molecule has 3 fully saturated rings. The summed E-state index contributed by atoms with van der Waals surface area (Å²) >= 11 is 0. The molecule has 0 aliphatic carbocycles. The van der Waals surface area contributed by atoms with Gasteiger partial charge in [0.05, 0.1) is 30.4 Å². The molecule has 2 aromatic carbocycles. The van der Waals surface area contributed by atoms with E-state index in [4.69, 9.17) is 4.74 Å². The van der Waals surface area contributed by atoms with Crippen LogP contribution in [0, 0.1) is 11.6 Å². The zero-order valence-corrected chi connectivity index (χ0v) is 16.8. The van der Waals surface area contributed by atoms with E-state index in [1.165, 1.54) is 12.1 Å². The summed E-state index contributed by atoms with van der Waals surface area (Å²) in [6.45, 7) is 5.18. The van der Waals surface area contributed by atoms with Crippen LogP contribution in [0.5, 0.6) is 0 Å². The van der Waals surface area contributed by atoms with E-state index in [1.807, 2.05) is 12.1 Å². The van der Waals surface area contributed by atoms with Crippen LogP contribution >= 0.6 is 0 Å². The first kappa shape index (κ1) is 19.6. The smallest absolute Gasteiger partial charge is 0.256 e. The summed E-state index contributed by atoms with van der Waals surface area (Å²) in [5.74, 6) is -0.957. The molecule has 5 nitrogen and oxygen atoms in total. The molecule has 1 spiro atoms. The number of fused-ring (bicyclic) bond motifs is 2. The molecule has 158 valence electrons. The maximum absolute atomic E-state index is 14.2. The molecule has 7 heteroatoms. The van der Waals surface area contributed by atoms with Crippen LogP contribution in [0.15, 0.2) is 48.5 Å². The van der Waals surface area contributed by atoms with Gasteiger partial charge in [0.2, 0.25) is 0 Å². The fourth-order valence-electron chi connectivity index (χ4n) is 5.20. The quantitative estimate of drug-likeness (QED) is 0.774. The van der Waals surface area contributed by atoms with Gasteiger partial charge in [-0.2, -0.15) is 0 Å². The second kappa shape index (κ2) is 7.72. The van der Waals surface area contributed by atoms with Crippen LogP contribution in [0.2, 0.25) is 0 Å². The second-order valence-electron chi connectivity index (χ2n) is 8.55. The molecular formula is C23H25F2N3O2. The second-order valence-corrected chi connectivity index (χ2v) is 8.55. The Morgan fingerprint density at radius 3 is 2.53 bits per heavy atom. The summed E-state index contributed by atoms with van der Waals surface area (Å²) in [4.78, 5) is 19.5. The highest BCUT2D eigenvalue weighted by Crippen LogP contribution is 2.37. The fourth-order valence-corrected chi connectivity index (χ4v) is 5.20. The highest BCUT2D eigenvalue weighted by atomic mass is 19.1. The van der Waals surface area contributed by atoms with Gasteiger partial charge in [-0.1, -0.05) is 30.3 Å². The molecule has 3 heterocycles. The Hall–Kier alpha value is -2.35. The van der Waals surface area contributed by atoms with Crippen molar-refractivity contribution < 1.29 is 18.3 Å². The van der Waals surface area contributed by atoms with Gasteiger partial charge >= 0.3 is 0 Å². The number of halogens is 2. The van der Waals surface area contributed by atoms with Crippen molar-refractivity contribution in [1.29, 1.82) is 0 Å². The average Bonchev–Trinajstić information content (AvgIpc) is 2.74. The number of carbonyl (C=O) groups is 1. The number of morpholine rings is 1. The Morgan fingerprint density at radius 1 is 1.03 bits per heavy atom. The van der Waals surface area contributed by atoms with Crippen LogP contribution in [-0.4, -0.2) is 78.1 Å². The summed E-state index contributed by atoms with van der Waals surface area (Å²) < 4.78 is 34.0. The molecule has 3 aliphatic rings. The lowest BCUT2D eigenvalue weighted by atomic mass is 9.82. The maximum Gasteiger partial charge on any atom is 0.256 e. The van der Waals surface area contributed by atoms with Crippen molar-refractivity contribution in [3.63, 3.8) is 0 Å². The minimum absolute atomic E-state index is 0.0961. The first-order valence-corrected chi connectivity index (χ1v) is 10.4. The van der Waals surface area contributed by atoms with Crippen LogP contribution in [-0.2, 0) is 11.3 Å². The third-order valence-corrected chi connectivity index (χ3v) is 6.53. The van der Waals surface area contributed by atoms with Gasteiger partial charge in [-0.05, 0) is 18.2 Å². The number of likely N-dealkylation sites (tertiary alicyclic amines) is 1. The Bertz CT molecular complexity index is 948. The molecule has 0 aromatic heterocycles. The molecule has 0 saturated carbocycles. The van der Waals surface area contributed by atoms with Crippen molar-refractivity contribution in [3.8, 4) is 0 Å². The lowest BCUT2D eigenvalue weighted by Crippen LogP contribution is -2.80. The first-order valence-electron chi connectivity index (χ1n) is 10.4. The van der Waals surface area contributed by atoms with Crippen LogP contribution in [0.4, 0.5) is 8.78 Å². The van der Waals surface area contributed by atoms with Gasteiger partial charge in [0.1, 0.15) is 11.6 Å². The number of benzene rings is 2. The normalized spacial score (nSPS) is 23.8. The summed E-state index contributed by atoms with van der Waals surface area (Å²) in [6.07, 6.45) is 0. The molecule has 0 radical (unpaired) electrons. The predicted molar refractivity (Wildman–Crippen MR) is 108 cm³/mol. The maximum atomic E-state index is 14.2. The number of rotatable bonds is 3. The van der Waals surface area contributed by atoms with Gasteiger partial charge in [-0.15, -0.1) is 0 Å². The van der Waals surface area contributed by atoms with Gasteiger partial charge in [0.25, 0.3) is 5.91 Å². The summed E-state index contributed by atoms with van der Waals surface area (Å²) in [5, 5.41) is 0. The van der Waals surface area contributed by atoms with Gasteiger partial charge in [0.15, 0.2) is 0 Å². The zero-order valence-electron chi connectivity index (χ0n) is 16.8. The van der Waals surface area contributed by atoms with E-state index >= 15 is 0 Å². The van der Waals surface area contributed by atoms with E-state index in [0.717, 1.165) is 19.6 Å². The molecule has 5 rings (SSSR count). The number of nitrogens with zero attached hydrogens (tertiary/aromatic N) is 3. The monoisotopic (exact) mass is 413 g/mol. The third kappa shape index (κ3) is 3.41. The highest BCUT2D eigenvalue weighted by molar-refractivity contribution is 5.94. The molecule has 3 saturated heterocycles. The summed E-state index contributed by atoms with van der Waals surface area (Å²) in [7, 11) is 0. The Kier molecular flexibility index (Phi) is 5.05. The van der Waals surface area contributed by atoms with Crippen LogP contribution in [0.25, 0.3) is 0 Å². The van der Waals surface area contributed by atoms with Crippen molar-refractivity contribution in [2.75, 3.05) is 45.9 Å². The molecule has 0 bridgehead atoms. The molecule has 0 N–H and O–H groups in total. The molecule has 2 aromatic rings. The lowest BCUT2D eigenvalue weighted by Gasteiger charge is -2.63. The van der Waals surface area contributed by atoms with Crippen molar-refractivity contribution >= 4 is 5.91 Å². The van der Waals surface area contributed by atoms with Crippen LogP contribution in [0.1, 0.15) is 15.9 Å². The number of amides is 1. The Morgan fingerprint density at radius 2 is 1.77 bits per heavy atom. The minimum atomic E-state index is -0.492. The van der Waals surface area contributed by atoms with Gasteiger partial charge in [-0.25, -0.2) is 8.78 Å². The molecule has 1 unspecified atom stereocenters. The summed E-state index contributed by atoms with van der Waals surface area (Å²) in [6, 6.07) is 13.1. The van der Waals surface area contributed by atoms with E-state index in [2.05, 4.69) is 9.80 Å². The Balaban J connectivity index is 1.35. The summed E-state index contributed by atoms with van der Waals surface area (Å²) in [5.41, 5.74) is 0.597. The van der Waals surface area contributed by atoms with E-state index in [-0.39, 0.29) is 28.9 Å². The highest BCUT2D eigenvalue weighted by Gasteiger charge is 2.54. The van der Waals surface area contributed by atoms with Crippen molar-refractivity contribution in [3.05, 3.63) is 71.3 Å². The fraction of sp³-hybridized carbons (Fsp3) is 0.435. The SMILES string of the molecule is O=C(c1ccccc1F)N1CC2COCCN2C2(CN(Cc3ccccc3F)C2)C1. The minimum Gasteiger partial charge on any atom is -0.378 e. The topological polar surface area (TPSA) is 36.0 Å². The van der Waals surface area contributed by atoms with Gasteiger partial charge < -0.3 is 9.64 Å². The van der Waals surface area contributed by atoms with E-state index < -0.39 is 5.82 Å². The number of carbonyl (C=O) groups excluding carboxylic acids is 1. The first-order chi connectivity index (χ1) is 14.6. The van der Waals surface area contributed by atoms with Crippen molar-refractivity contribution in [2.45, 2.75) is 18.1 Å². The standard InChI is InChI=1S/C23H25F2N3O2/c24-20-7-3-1-5-17(20)11-26-14-23(15-26)16-27(12-18-13-30-10-9-28(18)23)22(29)19-6-2-4-8-21(19)25/h1-8,18H,9-16H2. The zero-order chi connectivity index (χ0) is 20.7. The van der Waals surface area contributed by atoms with Gasteiger partial charge in [-0.3, -0.25) is 14.6 Å². The average molecular weight is 413 g/mol. The molecule has 3 aliphatic heterocycles. The van der Waals surface area contributed by atoms with Crippen molar-refractivity contribution in [1.82, 2.24) is 14.7 Å². The van der Waals surface area contributed by atoms with Gasteiger partial charge in [0, 0.05) is 44.8 Å². The number of hydrogen-bond acceptors (Lipinski definition) is 4. The molecular weight excluding hydrogens is 388 g/mol. The Labute approximate surface area is 174 Å². The molecule has 30 heavy (non-hydrogen) atoms. The van der Waals surface area contributed by atoms with E-state index in [9.17, 15) is 13.6 Å². The van der Waals surface area contributed by atoms with Crippen LogP contribution < -0.4 is 0 Å². The molecule has 1 amide bonds. The molecule has 1 atom stereocenters. The predicted octanol–water partition coefficient (Wildman–Crippen LogP) is 2.38. The number of piperazine rings is 1. The van der Waals surface area contributed by atoms with E-state index in [1.54, 1.807) is 29.2 Å². The lowest BCUT2D eigenvalue weighted by molar-refractivity contribution is -0.160. The van der Waals surface area contributed by atoms with Crippen molar-refractivity contribution in [2.24, 2.45) is 0 Å². The number of hydrogen-bond donors (Lipinski definition) is 0. The number of ether oxygens (including phenoxy) is 1.